The number of nitrogens with one attached hydrogen (secondary N) is 1. The summed E-state index contributed by atoms with van der Waals surface area (Å²) in [5.74, 6) is -0.998. The summed E-state index contributed by atoms with van der Waals surface area (Å²) in [5.41, 5.74) is 3.90. The van der Waals surface area contributed by atoms with Crippen LogP contribution in [0, 0.1) is 6.92 Å². The Morgan fingerprint density at radius 3 is 2.70 bits per heavy atom. The monoisotopic (exact) mass is 289 g/mol. The third-order valence-electron chi connectivity index (χ3n) is 3.21. The molecule has 2 N–H and O–H groups in total. The maximum absolute atomic E-state index is 11.3. The number of aromatic carboxylic acids is 1. The van der Waals surface area contributed by atoms with Crippen molar-refractivity contribution < 1.29 is 9.90 Å². The lowest BCUT2D eigenvalue weighted by Gasteiger charge is -2.15. The third-order valence-corrected chi connectivity index (χ3v) is 3.45. The molecule has 4 heteroatoms. The molecular formula is C16H16ClNO2. The maximum atomic E-state index is 11.3. The fourth-order valence-corrected chi connectivity index (χ4v) is 2.31. The molecule has 0 spiro atoms. The van der Waals surface area contributed by atoms with Crippen LogP contribution in [0.15, 0.2) is 36.4 Å². The Labute approximate surface area is 123 Å². The molecule has 104 valence electrons. The number of carboxylic acid groups (broad SMARTS) is 1. The second kappa shape index (κ2) is 5.97. The molecule has 0 aliphatic carbocycles. The van der Waals surface area contributed by atoms with E-state index in [1.165, 1.54) is 6.07 Å². The molecule has 2 rings (SSSR count). The van der Waals surface area contributed by atoms with Crippen LogP contribution >= 0.6 is 11.6 Å². The van der Waals surface area contributed by atoms with Gasteiger partial charge in [0.2, 0.25) is 0 Å². The smallest absolute Gasteiger partial charge is 0.337 e. The molecule has 0 aliphatic rings. The first-order chi connectivity index (χ1) is 9.52. The minimum atomic E-state index is -0.998. The zero-order chi connectivity index (χ0) is 14.7. The first kappa shape index (κ1) is 14.4. The lowest BCUT2D eigenvalue weighted by molar-refractivity contribution is 0.0698. The van der Waals surface area contributed by atoms with Crippen molar-refractivity contribution in [3.8, 4) is 0 Å². The third kappa shape index (κ3) is 2.94. The van der Waals surface area contributed by atoms with E-state index < -0.39 is 5.97 Å². The molecule has 2 aromatic carbocycles. The van der Waals surface area contributed by atoms with Crippen molar-refractivity contribution in [3.05, 3.63) is 58.1 Å². The van der Waals surface area contributed by atoms with Crippen molar-refractivity contribution in [2.75, 3.05) is 5.32 Å². The number of carboxylic acids is 1. The summed E-state index contributed by atoms with van der Waals surface area (Å²) in [6, 6.07) is 10.9. The van der Waals surface area contributed by atoms with Gasteiger partial charge >= 0.3 is 5.97 Å². The first-order valence-electron chi connectivity index (χ1n) is 6.41. The predicted molar refractivity (Wildman–Crippen MR) is 82.3 cm³/mol. The molecule has 20 heavy (non-hydrogen) atoms. The van der Waals surface area contributed by atoms with Gasteiger partial charge in [-0.3, -0.25) is 0 Å². The summed E-state index contributed by atoms with van der Waals surface area (Å²) in [6.07, 6.45) is 0.875. The van der Waals surface area contributed by atoms with Crippen LogP contribution in [-0.2, 0) is 6.42 Å². The van der Waals surface area contributed by atoms with Gasteiger partial charge in [-0.2, -0.15) is 0 Å². The molecule has 0 radical (unpaired) electrons. The quantitative estimate of drug-likeness (QED) is 0.861. The molecule has 0 heterocycles. The maximum Gasteiger partial charge on any atom is 0.337 e. The summed E-state index contributed by atoms with van der Waals surface area (Å²) in [6.45, 7) is 4.07. The molecule has 0 atom stereocenters. The predicted octanol–water partition coefficient (Wildman–Crippen LogP) is 4.65. The second-order valence-electron chi connectivity index (χ2n) is 4.58. The SMILES string of the molecule is CCc1cccc(C)c1Nc1ccc(Cl)cc1C(=O)O. The minimum Gasteiger partial charge on any atom is -0.478 e. The molecule has 0 saturated carbocycles. The van der Waals surface area contributed by atoms with Gasteiger partial charge < -0.3 is 10.4 Å². The standard InChI is InChI=1S/C16H16ClNO2/c1-3-11-6-4-5-10(2)15(11)18-14-8-7-12(17)9-13(14)16(19)20/h4-9,18H,3H2,1-2H3,(H,19,20). The van der Waals surface area contributed by atoms with E-state index in [1.807, 2.05) is 25.1 Å². The van der Waals surface area contributed by atoms with Crippen LogP contribution in [0.2, 0.25) is 5.02 Å². The molecule has 0 saturated heterocycles. The number of hydrogen-bond donors (Lipinski definition) is 2. The highest BCUT2D eigenvalue weighted by molar-refractivity contribution is 6.31. The van der Waals surface area contributed by atoms with Gasteiger partial charge in [-0.1, -0.05) is 36.7 Å². The van der Waals surface area contributed by atoms with Crippen LogP contribution in [0.1, 0.15) is 28.4 Å². The molecule has 0 fully saturated rings. The lowest BCUT2D eigenvalue weighted by atomic mass is 10.0. The van der Waals surface area contributed by atoms with E-state index in [0.717, 1.165) is 23.2 Å². The highest BCUT2D eigenvalue weighted by atomic mass is 35.5. The van der Waals surface area contributed by atoms with Crippen molar-refractivity contribution >= 4 is 28.9 Å². The molecule has 3 nitrogen and oxygen atoms in total. The van der Waals surface area contributed by atoms with E-state index in [0.29, 0.717) is 10.7 Å². The zero-order valence-corrected chi connectivity index (χ0v) is 12.2. The Balaban J connectivity index is 2.48. The fraction of sp³-hybridized carbons (Fsp3) is 0.188. The molecule has 0 bridgehead atoms. The van der Waals surface area contributed by atoms with Crippen LogP contribution in [0.25, 0.3) is 0 Å². The molecule has 0 unspecified atom stereocenters. The summed E-state index contributed by atoms with van der Waals surface area (Å²) < 4.78 is 0. The average molecular weight is 290 g/mol. The van der Waals surface area contributed by atoms with Gasteiger partial charge in [0.05, 0.1) is 11.3 Å². The number of benzene rings is 2. The van der Waals surface area contributed by atoms with E-state index in [2.05, 4.69) is 12.2 Å². The molecule has 2 aromatic rings. The zero-order valence-electron chi connectivity index (χ0n) is 11.4. The van der Waals surface area contributed by atoms with Crippen LogP contribution in [0.3, 0.4) is 0 Å². The highest BCUT2D eigenvalue weighted by Crippen LogP contribution is 2.29. The molecule has 0 amide bonds. The second-order valence-corrected chi connectivity index (χ2v) is 5.02. The minimum absolute atomic E-state index is 0.169. The topological polar surface area (TPSA) is 49.3 Å². The van der Waals surface area contributed by atoms with E-state index in [4.69, 9.17) is 11.6 Å². The highest BCUT2D eigenvalue weighted by Gasteiger charge is 2.13. The van der Waals surface area contributed by atoms with Crippen molar-refractivity contribution in [3.63, 3.8) is 0 Å². The summed E-state index contributed by atoms with van der Waals surface area (Å²) >= 11 is 5.86. The number of carbonyl (C=O) groups is 1. The van der Waals surface area contributed by atoms with Gasteiger partial charge in [0.15, 0.2) is 0 Å². The van der Waals surface area contributed by atoms with Crippen molar-refractivity contribution in [1.29, 1.82) is 0 Å². The lowest BCUT2D eigenvalue weighted by Crippen LogP contribution is -2.05. The summed E-state index contributed by atoms with van der Waals surface area (Å²) in [5, 5.41) is 12.9. The largest absolute Gasteiger partial charge is 0.478 e. The average Bonchev–Trinajstić information content (AvgIpc) is 2.42. The molecule has 0 aliphatic heterocycles. The number of halogens is 1. The van der Waals surface area contributed by atoms with E-state index in [9.17, 15) is 9.90 Å². The van der Waals surface area contributed by atoms with Gasteiger partial charge in [0.1, 0.15) is 0 Å². The van der Waals surface area contributed by atoms with Crippen molar-refractivity contribution in [1.82, 2.24) is 0 Å². The van der Waals surface area contributed by atoms with Gasteiger partial charge in [-0.25, -0.2) is 4.79 Å². The Morgan fingerprint density at radius 2 is 2.05 bits per heavy atom. The Hall–Kier alpha value is -2.00. The van der Waals surface area contributed by atoms with Crippen LogP contribution in [0.4, 0.5) is 11.4 Å². The van der Waals surface area contributed by atoms with Crippen molar-refractivity contribution in [2.24, 2.45) is 0 Å². The molecule has 0 aromatic heterocycles. The number of anilines is 2. The van der Waals surface area contributed by atoms with E-state index >= 15 is 0 Å². The summed E-state index contributed by atoms with van der Waals surface area (Å²) in [4.78, 5) is 11.3. The number of aryl methyl sites for hydroxylation is 2. The fourth-order valence-electron chi connectivity index (χ4n) is 2.14. The Bertz CT molecular complexity index is 653. The van der Waals surface area contributed by atoms with E-state index in [1.54, 1.807) is 12.1 Å². The van der Waals surface area contributed by atoms with Gasteiger partial charge in [-0.15, -0.1) is 0 Å². The van der Waals surface area contributed by atoms with Crippen LogP contribution in [-0.4, -0.2) is 11.1 Å². The number of hydrogen-bond acceptors (Lipinski definition) is 2. The van der Waals surface area contributed by atoms with Gasteiger partial charge in [-0.05, 0) is 42.7 Å². The Morgan fingerprint density at radius 1 is 1.30 bits per heavy atom. The Kier molecular flexibility index (Phi) is 4.30. The van der Waals surface area contributed by atoms with Gasteiger partial charge in [0.25, 0.3) is 0 Å². The van der Waals surface area contributed by atoms with E-state index in [-0.39, 0.29) is 5.56 Å². The van der Waals surface area contributed by atoms with Crippen LogP contribution < -0.4 is 5.32 Å². The first-order valence-corrected chi connectivity index (χ1v) is 6.79. The van der Waals surface area contributed by atoms with Crippen molar-refractivity contribution in [2.45, 2.75) is 20.3 Å². The molecular weight excluding hydrogens is 274 g/mol. The normalized spacial score (nSPS) is 10.3. The number of para-hydroxylation sites is 1. The van der Waals surface area contributed by atoms with Gasteiger partial charge in [0, 0.05) is 10.7 Å². The number of rotatable bonds is 4. The van der Waals surface area contributed by atoms with Crippen LogP contribution in [0.5, 0.6) is 0 Å². The summed E-state index contributed by atoms with van der Waals surface area (Å²) in [7, 11) is 0.